The lowest BCUT2D eigenvalue weighted by molar-refractivity contribution is 0.0682. The molecule has 0 aliphatic heterocycles. The second kappa shape index (κ2) is 16.4. The number of hydrogen-bond acceptors (Lipinski definition) is 7. The van der Waals surface area contributed by atoms with Gasteiger partial charge in [0.1, 0.15) is 11.3 Å². The highest BCUT2D eigenvalue weighted by Crippen LogP contribution is 2.32. The SMILES string of the molecule is CN(C)c1ccc(-c2[nH]c(=O)c(C(=O)O)c(O)c2Cc2ccccc2)cc1.CN(C)c1ccc(-c2[nH]c(=O)c(C(=O)O)cc2Cc2ccccc2)cc1. The van der Waals surface area contributed by atoms with Gasteiger partial charge in [-0.25, -0.2) is 9.59 Å². The van der Waals surface area contributed by atoms with Crippen molar-refractivity contribution in [1.82, 2.24) is 9.97 Å². The van der Waals surface area contributed by atoms with E-state index in [0.29, 0.717) is 28.9 Å². The molecule has 0 unspecified atom stereocenters. The summed E-state index contributed by atoms with van der Waals surface area (Å²) in [6, 6.07) is 35.8. The van der Waals surface area contributed by atoms with E-state index in [1.165, 1.54) is 6.07 Å². The quantitative estimate of drug-likeness (QED) is 0.107. The van der Waals surface area contributed by atoms with Crippen molar-refractivity contribution in [3.63, 3.8) is 0 Å². The molecule has 0 spiro atoms. The molecule has 0 amide bonds. The highest BCUT2D eigenvalue weighted by Gasteiger charge is 2.23. The standard InChI is InChI=1S/C21H20N2O4.C21H20N2O3/c1-23(2)15-10-8-14(9-11-15)18-16(12-13-6-4-3-5-7-13)19(24)17(21(26)27)20(25)22-18;1-23(2)17-10-8-15(9-11-17)19-16(12-14-6-4-3-5-7-14)13-18(21(25)26)20(24)22-19/h3-11H,12H2,1-2H3,(H,26,27)(H2,22,24,25);3-11,13H,12H2,1-2H3,(H,22,24)(H,25,26). The van der Waals surface area contributed by atoms with Gasteiger partial charge in [-0.15, -0.1) is 0 Å². The van der Waals surface area contributed by atoms with E-state index in [-0.39, 0.29) is 12.0 Å². The van der Waals surface area contributed by atoms with Gasteiger partial charge in [0.05, 0.1) is 11.4 Å². The lowest BCUT2D eigenvalue weighted by Crippen LogP contribution is -2.20. The Labute approximate surface area is 306 Å². The van der Waals surface area contributed by atoms with Crippen molar-refractivity contribution in [2.75, 3.05) is 38.0 Å². The van der Waals surface area contributed by atoms with Crippen LogP contribution < -0.4 is 20.9 Å². The zero-order valence-electron chi connectivity index (χ0n) is 29.8. The van der Waals surface area contributed by atoms with E-state index < -0.39 is 34.4 Å². The second-order valence-electron chi connectivity index (χ2n) is 12.8. The topological polar surface area (TPSA) is 167 Å². The van der Waals surface area contributed by atoms with Gasteiger partial charge in [-0.3, -0.25) is 9.59 Å². The van der Waals surface area contributed by atoms with Gasteiger partial charge in [0.2, 0.25) is 0 Å². The third-order valence-electron chi connectivity index (χ3n) is 8.66. The summed E-state index contributed by atoms with van der Waals surface area (Å²) in [5.74, 6) is -3.19. The van der Waals surface area contributed by atoms with Crippen LogP contribution in [0.3, 0.4) is 0 Å². The number of nitrogens with one attached hydrogen (secondary N) is 2. The monoisotopic (exact) mass is 712 g/mol. The maximum absolute atomic E-state index is 12.3. The maximum atomic E-state index is 12.3. The van der Waals surface area contributed by atoms with Gasteiger partial charge >= 0.3 is 11.9 Å². The van der Waals surface area contributed by atoms with Crippen LogP contribution in [0.2, 0.25) is 0 Å². The fourth-order valence-electron chi connectivity index (χ4n) is 5.84. The van der Waals surface area contributed by atoms with E-state index in [1.807, 2.05) is 147 Å². The minimum atomic E-state index is -1.46. The normalized spacial score (nSPS) is 10.6. The molecule has 2 heterocycles. The van der Waals surface area contributed by atoms with Crippen molar-refractivity contribution < 1.29 is 24.9 Å². The molecule has 4 aromatic carbocycles. The van der Waals surface area contributed by atoms with Crippen molar-refractivity contribution in [1.29, 1.82) is 0 Å². The van der Waals surface area contributed by atoms with Gasteiger partial charge in [0.25, 0.3) is 11.1 Å². The van der Waals surface area contributed by atoms with Crippen LogP contribution in [0.4, 0.5) is 11.4 Å². The number of nitrogens with zero attached hydrogens (tertiary/aromatic N) is 2. The van der Waals surface area contributed by atoms with Crippen LogP contribution in [0, 0.1) is 0 Å². The molecule has 0 fully saturated rings. The zero-order valence-corrected chi connectivity index (χ0v) is 29.8. The first kappa shape index (κ1) is 37.4. The van der Waals surface area contributed by atoms with Crippen LogP contribution in [0.5, 0.6) is 5.75 Å². The molecule has 0 aliphatic carbocycles. The maximum Gasteiger partial charge on any atom is 0.345 e. The molecule has 11 heteroatoms. The first-order valence-corrected chi connectivity index (χ1v) is 16.7. The first-order valence-electron chi connectivity index (χ1n) is 16.7. The average Bonchev–Trinajstić information content (AvgIpc) is 3.14. The molecule has 0 bridgehead atoms. The molecule has 6 aromatic rings. The Bertz CT molecular complexity index is 2330. The summed E-state index contributed by atoms with van der Waals surface area (Å²) in [6.45, 7) is 0. The van der Waals surface area contributed by atoms with Crippen molar-refractivity contribution in [3.05, 3.63) is 169 Å². The predicted molar refractivity (Wildman–Crippen MR) is 208 cm³/mol. The van der Waals surface area contributed by atoms with Gasteiger partial charge in [-0.05, 0) is 64.6 Å². The molecule has 0 atom stereocenters. The molecule has 0 aliphatic rings. The molecule has 0 saturated carbocycles. The van der Waals surface area contributed by atoms with Gasteiger partial charge in [-0.1, -0.05) is 84.9 Å². The Morgan fingerprint density at radius 3 is 1.49 bits per heavy atom. The molecule has 53 heavy (non-hydrogen) atoms. The molecule has 0 radical (unpaired) electrons. The van der Waals surface area contributed by atoms with Crippen molar-refractivity contribution in [2.45, 2.75) is 12.8 Å². The van der Waals surface area contributed by atoms with Gasteiger partial charge < -0.3 is 35.1 Å². The van der Waals surface area contributed by atoms with Crippen molar-refractivity contribution in [2.24, 2.45) is 0 Å². The zero-order chi connectivity index (χ0) is 38.2. The number of anilines is 2. The fraction of sp³-hybridized carbons (Fsp3) is 0.143. The molecular formula is C42H40N4O7. The average molecular weight is 713 g/mol. The number of aromatic amines is 2. The van der Waals surface area contributed by atoms with Crippen LogP contribution in [0.25, 0.3) is 22.5 Å². The molecule has 6 rings (SSSR count). The number of carboxylic acids is 2. The number of carboxylic acid groups (broad SMARTS) is 2. The van der Waals surface area contributed by atoms with E-state index in [1.54, 1.807) is 0 Å². The lowest BCUT2D eigenvalue weighted by atomic mass is 9.96. The van der Waals surface area contributed by atoms with Crippen LogP contribution >= 0.6 is 0 Å². The third-order valence-corrected chi connectivity index (χ3v) is 8.66. The van der Waals surface area contributed by atoms with Crippen LogP contribution in [0.15, 0.2) is 125 Å². The molecule has 0 saturated heterocycles. The number of hydrogen-bond donors (Lipinski definition) is 5. The summed E-state index contributed by atoms with van der Waals surface area (Å²) >= 11 is 0. The predicted octanol–water partition coefficient (Wildman–Crippen LogP) is 6.50. The van der Waals surface area contributed by atoms with E-state index in [2.05, 4.69) is 9.97 Å². The number of aromatic nitrogens is 2. The van der Waals surface area contributed by atoms with Gasteiger partial charge in [0.15, 0.2) is 5.56 Å². The van der Waals surface area contributed by atoms with E-state index >= 15 is 0 Å². The Kier molecular flexibility index (Phi) is 11.6. The number of H-pyrrole nitrogens is 2. The highest BCUT2D eigenvalue weighted by molar-refractivity contribution is 5.92. The van der Waals surface area contributed by atoms with Crippen LogP contribution in [-0.4, -0.2) is 65.4 Å². The molecule has 11 nitrogen and oxygen atoms in total. The second-order valence-corrected chi connectivity index (χ2v) is 12.8. The molecule has 2 aromatic heterocycles. The number of carbonyl (C=O) groups is 2. The smallest absolute Gasteiger partial charge is 0.345 e. The number of aromatic carboxylic acids is 2. The summed E-state index contributed by atoms with van der Waals surface area (Å²) in [5.41, 5.74) is 5.38. The number of benzene rings is 4. The third kappa shape index (κ3) is 8.89. The molecule has 5 N–H and O–H groups in total. The Balaban J connectivity index is 0.000000204. The first-order chi connectivity index (χ1) is 25.3. The van der Waals surface area contributed by atoms with Crippen LogP contribution in [-0.2, 0) is 12.8 Å². The molecule has 270 valence electrons. The minimum absolute atomic E-state index is 0.246. The molecular weight excluding hydrogens is 672 g/mol. The number of aromatic hydroxyl groups is 1. The Morgan fingerprint density at radius 2 is 1.04 bits per heavy atom. The Hall–Kier alpha value is -6.88. The summed E-state index contributed by atoms with van der Waals surface area (Å²) in [5, 5.41) is 29.2. The van der Waals surface area contributed by atoms with Crippen molar-refractivity contribution >= 4 is 23.3 Å². The van der Waals surface area contributed by atoms with Gasteiger partial charge in [0, 0.05) is 51.5 Å². The van der Waals surface area contributed by atoms with E-state index in [0.717, 1.165) is 33.6 Å². The summed E-state index contributed by atoms with van der Waals surface area (Å²) in [4.78, 5) is 56.6. The minimum Gasteiger partial charge on any atom is -0.506 e. The largest absolute Gasteiger partial charge is 0.506 e. The summed E-state index contributed by atoms with van der Waals surface area (Å²) in [6.07, 6.45) is 0.817. The fourth-order valence-corrected chi connectivity index (χ4v) is 5.84. The van der Waals surface area contributed by atoms with Gasteiger partial charge in [-0.2, -0.15) is 0 Å². The van der Waals surface area contributed by atoms with Crippen LogP contribution in [0.1, 0.15) is 43.0 Å². The Morgan fingerprint density at radius 1 is 0.585 bits per heavy atom. The highest BCUT2D eigenvalue weighted by atomic mass is 16.4. The van der Waals surface area contributed by atoms with E-state index in [9.17, 15) is 34.5 Å². The van der Waals surface area contributed by atoms with Crippen molar-refractivity contribution in [3.8, 4) is 28.3 Å². The number of pyridine rings is 2. The summed E-state index contributed by atoms with van der Waals surface area (Å²) in [7, 11) is 7.76. The lowest BCUT2D eigenvalue weighted by Gasteiger charge is -2.16. The number of rotatable bonds is 10. The summed E-state index contributed by atoms with van der Waals surface area (Å²) < 4.78 is 0. The van der Waals surface area contributed by atoms with E-state index in [4.69, 9.17) is 0 Å².